The monoisotopic (exact) mass is 798 g/mol. The average Bonchev–Trinajstić information content (AvgIpc) is 3.17. The van der Waals surface area contributed by atoms with Crippen LogP contribution >= 0.6 is 11.6 Å². The first-order valence-corrected chi connectivity index (χ1v) is 17.7. The molecule has 0 aromatic heterocycles. The van der Waals surface area contributed by atoms with Crippen LogP contribution in [0, 0.1) is 0 Å². The minimum Gasteiger partial charge on any atom is -0.483 e. The summed E-state index contributed by atoms with van der Waals surface area (Å²) in [5.74, 6) is -0.355. The lowest BCUT2D eigenvalue weighted by Crippen LogP contribution is -2.35. The number of nitrogens with zero attached hydrogens (tertiary/aromatic N) is 1. The minimum absolute atomic E-state index is 0.000265. The maximum atomic E-state index is 13.8. The molecule has 0 bridgehead atoms. The summed E-state index contributed by atoms with van der Waals surface area (Å²) in [6.45, 7) is 1.74. The Balaban J connectivity index is 0.00000225. The Hall–Kier alpha value is -5.82. The number of carboxylic acid groups (broad SMARTS) is 1. The molecule has 56 heavy (non-hydrogen) atoms. The number of benzene rings is 5. The molecule has 2 N–H and O–H groups in total. The molecule has 7 nitrogen and oxygen atoms in total. The van der Waals surface area contributed by atoms with Crippen molar-refractivity contribution < 1.29 is 50.6 Å². The van der Waals surface area contributed by atoms with Gasteiger partial charge in [-0.25, -0.2) is 0 Å². The third-order valence-electron chi connectivity index (χ3n) is 8.38. The Labute approximate surface area is 324 Å². The van der Waals surface area contributed by atoms with Crippen molar-refractivity contribution in [2.75, 3.05) is 18.0 Å². The average molecular weight is 799 g/mol. The highest BCUT2D eigenvalue weighted by Crippen LogP contribution is 2.38. The van der Waals surface area contributed by atoms with Crippen LogP contribution in [0.4, 0.5) is 32.0 Å². The van der Waals surface area contributed by atoms with Gasteiger partial charge in [-0.1, -0.05) is 92.0 Å². The van der Waals surface area contributed by atoms with Crippen molar-refractivity contribution in [1.82, 2.24) is 5.32 Å². The standard InChI is InChI=1S/C41H35ClF6N2O3.CH2O2/c1-2-3-9-22-50(39(52)29-23-30(40(43,44)45)25-31(24-29)41(46,47)48)36-19-18-32(42)26-35(36)38(51)49-21-20-27-14-16-28(17-15-27)34-12-7-8-13-37(34)53-33-10-5-4-6-11-33;2-1-3/h4-8,10-19,23-26H,2-3,9,20-22H2,1H3,(H,49,51);1H,(H,2,3). The molecule has 14 heteroatoms. The van der Waals surface area contributed by atoms with E-state index in [-0.39, 0.29) is 41.9 Å². The lowest BCUT2D eigenvalue weighted by Gasteiger charge is -2.26. The molecule has 0 aliphatic heterocycles. The molecule has 0 fully saturated rings. The fourth-order valence-corrected chi connectivity index (χ4v) is 5.86. The van der Waals surface area contributed by atoms with Gasteiger partial charge in [-0.05, 0) is 78.6 Å². The van der Waals surface area contributed by atoms with Crippen LogP contribution in [0.25, 0.3) is 11.1 Å². The number of ether oxygens (including phenoxy) is 1. The first kappa shape index (κ1) is 42.9. The van der Waals surface area contributed by atoms with E-state index >= 15 is 0 Å². The van der Waals surface area contributed by atoms with Gasteiger partial charge < -0.3 is 20.1 Å². The number of unbranched alkanes of at least 4 members (excludes halogenated alkanes) is 2. The molecule has 0 radical (unpaired) electrons. The molecule has 0 spiro atoms. The zero-order chi connectivity index (χ0) is 40.9. The molecule has 0 unspecified atom stereocenters. The predicted molar refractivity (Wildman–Crippen MR) is 202 cm³/mol. The fraction of sp³-hybridized carbons (Fsp3) is 0.214. The van der Waals surface area contributed by atoms with Gasteiger partial charge in [0.25, 0.3) is 18.3 Å². The van der Waals surface area contributed by atoms with Gasteiger partial charge in [-0.15, -0.1) is 0 Å². The van der Waals surface area contributed by atoms with Crippen molar-refractivity contribution in [3.8, 4) is 22.6 Å². The number of rotatable bonds is 13. The van der Waals surface area contributed by atoms with Crippen LogP contribution < -0.4 is 15.0 Å². The van der Waals surface area contributed by atoms with Gasteiger partial charge >= 0.3 is 12.4 Å². The molecule has 0 aliphatic rings. The van der Waals surface area contributed by atoms with E-state index in [4.69, 9.17) is 26.2 Å². The van der Waals surface area contributed by atoms with Crippen molar-refractivity contribution in [3.05, 3.63) is 148 Å². The smallest absolute Gasteiger partial charge is 0.416 e. The molecule has 0 saturated carbocycles. The number of hydrogen-bond donors (Lipinski definition) is 2. The summed E-state index contributed by atoms with van der Waals surface area (Å²) in [5, 5.41) is 9.84. The number of para-hydroxylation sites is 2. The minimum atomic E-state index is -5.14. The van der Waals surface area contributed by atoms with Crippen molar-refractivity contribution in [2.24, 2.45) is 0 Å². The van der Waals surface area contributed by atoms with Gasteiger partial charge in [0, 0.05) is 29.2 Å². The number of amides is 2. The van der Waals surface area contributed by atoms with Crippen LogP contribution in [0.15, 0.2) is 115 Å². The summed E-state index contributed by atoms with van der Waals surface area (Å²) < 4.78 is 88.0. The Kier molecular flexibility index (Phi) is 15.1. The zero-order valence-corrected chi connectivity index (χ0v) is 30.7. The maximum Gasteiger partial charge on any atom is 0.416 e. The number of halogens is 7. The summed E-state index contributed by atoms with van der Waals surface area (Å²) in [5.41, 5.74) is -1.39. The van der Waals surface area contributed by atoms with E-state index in [0.29, 0.717) is 49.3 Å². The molecule has 0 aliphatic carbocycles. The molecular formula is C42H37ClF6N2O5. The normalized spacial score (nSPS) is 11.2. The third kappa shape index (κ3) is 11.8. The number of alkyl halides is 6. The van der Waals surface area contributed by atoms with Gasteiger partial charge in [0.15, 0.2) is 0 Å². The Morgan fingerprint density at radius 3 is 2.02 bits per heavy atom. The molecule has 5 rings (SSSR count). The van der Waals surface area contributed by atoms with E-state index in [1.807, 2.05) is 85.8 Å². The molecule has 0 saturated heterocycles. The van der Waals surface area contributed by atoms with Crippen molar-refractivity contribution in [3.63, 3.8) is 0 Å². The van der Waals surface area contributed by atoms with Crippen molar-refractivity contribution in [1.29, 1.82) is 0 Å². The quantitative estimate of drug-likeness (QED) is 0.0702. The molecule has 2 amide bonds. The van der Waals surface area contributed by atoms with E-state index in [2.05, 4.69) is 5.32 Å². The topological polar surface area (TPSA) is 95.9 Å². The number of carbonyl (C=O) groups excluding carboxylic acids is 2. The van der Waals surface area contributed by atoms with Crippen LogP contribution in [-0.4, -0.2) is 36.5 Å². The lowest BCUT2D eigenvalue weighted by atomic mass is 10.0. The number of anilines is 1. The van der Waals surface area contributed by atoms with Crippen LogP contribution in [0.3, 0.4) is 0 Å². The van der Waals surface area contributed by atoms with Gasteiger partial charge in [-0.2, -0.15) is 26.3 Å². The van der Waals surface area contributed by atoms with Crippen LogP contribution in [-0.2, 0) is 23.6 Å². The van der Waals surface area contributed by atoms with Crippen LogP contribution in [0.2, 0.25) is 5.02 Å². The fourth-order valence-electron chi connectivity index (χ4n) is 5.69. The summed E-state index contributed by atoms with van der Waals surface area (Å²) >= 11 is 6.24. The summed E-state index contributed by atoms with van der Waals surface area (Å²) in [6.07, 6.45) is -8.16. The molecule has 5 aromatic carbocycles. The van der Waals surface area contributed by atoms with E-state index < -0.39 is 40.9 Å². The zero-order valence-electron chi connectivity index (χ0n) is 30.0. The number of hydrogen-bond acceptors (Lipinski definition) is 4. The molecular weight excluding hydrogens is 762 g/mol. The van der Waals surface area contributed by atoms with E-state index in [9.17, 15) is 35.9 Å². The van der Waals surface area contributed by atoms with Gasteiger partial charge in [0.05, 0.1) is 22.4 Å². The van der Waals surface area contributed by atoms with Crippen LogP contribution in [0.1, 0.15) is 63.6 Å². The number of carbonyl (C=O) groups is 3. The summed E-state index contributed by atoms with van der Waals surface area (Å²) in [4.78, 5) is 36.8. The second-order valence-corrected chi connectivity index (χ2v) is 12.8. The third-order valence-corrected chi connectivity index (χ3v) is 8.62. The molecule has 0 atom stereocenters. The van der Waals surface area contributed by atoms with E-state index in [1.54, 1.807) is 0 Å². The SMILES string of the molecule is CCCCCN(C(=O)c1cc(C(F)(F)F)cc(C(F)(F)F)c1)c1ccc(Cl)cc1C(=O)NCCc1ccc(-c2ccccc2Oc2ccccc2)cc1.O=CO. The summed E-state index contributed by atoms with van der Waals surface area (Å²) in [6, 6.07) is 29.6. The van der Waals surface area contributed by atoms with Gasteiger partial charge in [-0.3, -0.25) is 14.4 Å². The predicted octanol–water partition coefficient (Wildman–Crippen LogP) is 11.3. The largest absolute Gasteiger partial charge is 0.483 e. The van der Waals surface area contributed by atoms with E-state index in [1.165, 1.54) is 18.2 Å². The molecule has 294 valence electrons. The Bertz CT molecular complexity index is 2060. The summed E-state index contributed by atoms with van der Waals surface area (Å²) in [7, 11) is 0. The molecule has 5 aromatic rings. The molecule has 0 heterocycles. The highest BCUT2D eigenvalue weighted by Gasteiger charge is 2.38. The maximum absolute atomic E-state index is 13.8. The van der Waals surface area contributed by atoms with Gasteiger partial charge in [0.1, 0.15) is 11.5 Å². The number of nitrogens with one attached hydrogen (secondary N) is 1. The first-order valence-electron chi connectivity index (χ1n) is 17.3. The Morgan fingerprint density at radius 1 is 0.804 bits per heavy atom. The second-order valence-electron chi connectivity index (χ2n) is 12.3. The lowest BCUT2D eigenvalue weighted by molar-refractivity contribution is -0.143. The highest BCUT2D eigenvalue weighted by atomic mass is 35.5. The van der Waals surface area contributed by atoms with Gasteiger partial charge in [0.2, 0.25) is 0 Å². The Morgan fingerprint density at radius 2 is 1.41 bits per heavy atom. The highest BCUT2D eigenvalue weighted by molar-refractivity contribution is 6.31. The van der Waals surface area contributed by atoms with E-state index in [0.717, 1.165) is 21.6 Å². The van der Waals surface area contributed by atoms with Crippen LogP contribution in [0.5, 0.6) is 11.5 Å². The van der Waals surface area contributed by atoms with Crippen molar-refractivity contribution in [2.45, 2.75) is 45.0 Å². The second kappa shape index (κ2) is 19.7. The first-order chi connectivity index (χ1) is 26.7. The van der Waals surface area contributed by atoms with Crippen molar-refractivity contribution >= 4 is 35.6 Å².